The van der Waals surface area contributed by atoms with E-state index in [2.05, 4.69) is 12.2 Å². The van der Waals surface area contributed by atoms with Gasteiger partial charge in [0.15, 0.2) is 0 Å². The quantitative estimate of drug-likeness (QED) is 0.853. The van der Waals surface area contributed by atoms with E-state index in [4.69, 9.17) is 0 Å². The number of hydrogen-bond acceptors (Lipinski definition) is 3. The topological polar surface area (TPSA) is 52.7 Å². The van der Waals surface area contributed by atoms with Crippen molar-refractivity contribution in [1.82, 2.24) is 15.1 Å². The maximum absolute atomic E-state index is 12.7. The molecule has 2 amide bonds. The highest BCUT2D eigenvalue weighted by atomic mass is 19.4. The maximum Gasteiger partial charge on any atom is 0.416 e. The summed E-state index contributed by atoms with van der Waals surface area (Å²) < 4.78 is 37.9. The lowest BCUT2D eigenvalue weighted by atomic mass is 9.92. The van der Waals surface area contributed by atoms with Gasteiger partial charge in [0, 0.05) is 43.7 Å². The average Bonchev–Trinajstić information content (AvgIpc) is 2.66. The molecule has 0 bridgehead atoms. The molecule has 5 nitrogen and oxygen atoms in total. The molecule has 0 radical (unpaired) electrons. The fraction of sp³-hybridized carbons (Fsp3) is 0.579. The molecule has 27 heavy (non-hydrogen) atoms. The van der Waals surface area contributed by atoms with Crippen LogP contribution >= 0.6 is 0 Å². The lowest BCUT2D eigenvalue weighted by molar-refractivity contribution is -0.138. The van der Waals surface area contributed by atoms with Gasteiger partial charge in [-0.2, -0.15) is 13.2 Å². The van der Waals surface area contributed by atoms with E-state index >= 15 is 0 Å². The largest absolute Gasteiger partial charge is 0.416 e. The fourth-order valence-corrected chi connectivity index (χ4v) is 3.73. The van der Waals surface area contributed by atoms with Crippen LogP contribution in [-0.4, -0.2) is 60.4 Å². The van der Waals surface area contributed by atoms with Gasteiger partial charge in [0.1, 0.15) is 0 Å². The molecule has 0 saturated carbocycles. The number of carbonyl (C=O) groups excluding carboxylic acids is 2. The minimum absolute atomic E-state index is 0.0263. The Hall–Kier alpha value is -2.09. The Morgan fingerprint density at radius 2 is 1.63 bits per heavy atom. The van der Waals surface area contributed by atoms with Gasteiger partial charge in [-0.25, -0.2) is 0 Å². The summed E-state index contributed by atoms with van der Waals surface area (Å²) in [4.78, 5) is 28.6. The van der Waals surface area contributed by atoms with Gasteiger partial charge in [0.25, 0.3) is 5.91 Å². The van der Waals surface area contributed by atoms with E-state index in [1.54, 1.807) is 9.80 Å². The number of piperidine rings is 1. The summed E-state index contributed by atoms with van der Waals surface area (Å²) >= 11 is 0. The van der Waals surface area contributed by atoms with Crippen LogP contribution in [-0.2, 0) is 11.0 Å². The van der Waals surface area contributed by atoms with Crippen molar-refractivity contribution in [2.45, 2.75) is 32.0 Å². The van der Waals surface area contributed by atoms with Crippen LogP contribution in [0, 0.1) is 5.92 Å². The predicted octanol–water partition coefficient (Wildman–Crippen LogP) is 2.38. The van der Waals surface area contributed by atoms with Crippen molar-refractivity contribution in [2.24, 2.45) is 5.92 Å². The molecule has 148 valence electrons. The van der Waals surface area contributed by atoms with Crippen molar-refractivity contribution >= 4 is 11.8 Å². The first-order chi connectivity index (χ1) is 12.8. The first-order valence-electron chi connectivity index (χ1n) is 9.24. The molecule has 2 fully saturated rings. The number of amides is 2. The van der Waals surface area contributed by atoms with E-state index in [1.165, 1.54) is 12.1 Å². The number of alkyl halides is 3. The van der Waals surface area contributed by atoms with Gasteiger partial charge in [-0.1, -0.05) is 0 Å². The Kier molecular flexibility index (Phi) is 5.74. The van der Waals surface area contributed by atoms with Crippen LogP contribution in [0.5, 0.6) is 0 Å². The molecule has 2 saturated heterocycles. The smallest absolute Gasteiger partial charge is 0.339 e. The molecule has 0 aliphatic carbocycles. The molecule has 1 aromatic rings. The number of rotatable bonds is 2. The minimum atomic E-state index is -4.42. The molecule has 0 spiro atoms. The van der Waals surface area contributed by atoms with Gasteiger partial charge in [-0.15, -0.1) is 0 Å². The second kappa shape index (κ2) is 7.88. The van der Waals surface area contributed by atoms with E-state index in [-0.39, 0.29) is 23.3 Å². The molecule has 8 heteroatoms. The highest BCUT2D eigenvalue weighted by molar-refractivity contribution is 5.94. The third-order valence-corrected chi connectivity index (χ3v) is 5.31. The first kappa shape index (κ1) is 19.7. The zero-order chi connectivity index (χ0) is 19.6. The minimum Gasteiger partial charge on any atom is -0.339 e. The Balaban J connectivity index is 1.55. The molecular weight excluding hydrogens is 359 g/mol. The number of halogens is 3. The Morgan fingerprint density at radius 3 is 2.19 bits per heavy atom. The second-order valence-electron chi connectivity index (χ2n) is 7.27. The van der Waals surface area contributed by atoms with Crippen LogP contribution in [0.15, 0.2) is 24.3 Å². The van der Waals surface area contributed by atoms with Crippen LogP contribution < -0.4 is 5.32 Å². The fourth-order valence-electron chi connectivity index (χ4n) is 3.73. The Bertz CT molecular complexity index is 682. The van der Waals surface area contributed by atoms with Gasteiger partial charge < -0.3 is 15.1 Å². The van der Waals surface area contributed by atoms with Gasteiger partial charge in [0.2, 0.25) is 5.91 Å². The summed E-state index contributed by atoms with van der Waals surface area (Å²) in [6.45, 7) is 4.62. The third-order valence-electron chi connectivity index (χ3n) is 5.31. The van der Waals surface area contributed by atoms with Crippen molar-refractivity contribution in [3.63, 3.8) is 0 Å². The van der Waals surface area contributed by atoms with Crippen LogP contribution in [0.4, 0.5) is 13.2 Å². The second-order valence-corrected chi connectivity index (χ2v) is 7.27. The summed E-state index contributed by atoms with van der Waals surface area (Å²) in [6.07, 6.45) is -2.77. The molecule has 3 rings (SSSR count). The normalized spacial score (nSPS) is 24.0. The van der Waals surface area contributed by atoms with Gasteiger partial charge in [-0.05, 0) is 50.6 Å². The monoisotopic (exact) mass is 383 g/mol. The lowest BCUT2D eigenvalue weighted by Gasteiger charge is -2.38. The van der Waals surface area contributed by atoms with Crippen molar-refractivity contribution in [3.05, 3.63) is 35.4 Å². The average molecular weight is 383 g/mol. The van der Waals surface area contributed by atoms with Gasteiger partial charge in [-0.3, -0.25) is 9.59 Å². The summed E-state index contributed by atoms with van der Waals surface area (Å²) in [6, 6.07) is 4.59. The predicted molar refractivity (Wildman–Crippen MR) is 94.1 cm³/mol. The summed E-state index contributed by atoms with van der Waals surface area (Å²) in [5, 5.41) is 3.33. The summed E-state index contributed by atoms with van der Waals surface area (Å²) in [7, 11) is 0. The molecule has 1 aromatic carbocycles. The van der Waals surface area contributed by atoms with Crippen molar-refractivity contribution in [1.29, 1.82) is 0 Å². The molecule has 2 aliphatic rings. The maximum atomic E-state index is 12.7. The van der Waals surface area contributed by atoms with Crippen molar-refractivity contribution in [3.8, 4) is 0 Å². The van der Waals surface area contributed by atoms with Gasteiger partial charge >= 0.3 is 6.18 Å². The van der Waals surface area contributed by atoms with Crippen molar-refractivity contribution in [2.75, 3.05) is 32.7 Å². The Labute approximate surface area is 156 Å². The summed E-state index contributed by atoms with van der Waals surface area (Å²) in [5.74, 6) is -0.130. The molecule has 2 atom stereocenters. The highest BCUT2D eigenvalue weighted by Gasteiger charge is 2.32. The SMILES string of the molecule is C[C@H]1C[C@@H](C(=O)N2CCN(C(=O)c3ccc(C(F)(F)F)cc3)CC2)CCN1. The molecule has 2 aliphatic heterocycles. The van der Waals surface area contributed by atoms with E-state index in [0.29, 0.717) is 32.2 Å². The van der Waals surface area contributed by atoms with Crippen LogP contribution in [0.2, 0.25) is 0 Å². The molecule has 2 heterocycles. The number of piperazine rings is 1. The standard InChI is InChI=1S/C19H24F3N3O2/c1-13-12-15(6-7-23-13)18(27)25-10-8-24(9-11-25)17(26)14-2-4-16(5-3-14)19(20,21)22/h2-5,13,15,23H,6-12H2,1H3/t13-,15-/m0/s1. The van der Waals surface area contributed by atoms with E-state index in [9.17, 15) is 22.8 Å². The number of nitrogens with one attached hydrogen (secondary N) is 1. The van der Waals surface area contributed by atoms with Crippen molar-refractivity contribution < 1.29 is 22.8 Å². The van der Waals surface area contributed by atoms with Crippen LogP contribution in [0.25, 0.3) is 0 Å². The molecule has 0 unspecified atom stereocenters. The van der Waals surface area contributed by atoms with Crippen LogP contribution in [0.3, 0.4) is 0 Å². The first-order valence-corrected chi connectivity index (χ1v) is 9.24. The zero-order valence-corrected chi connectivity index (χ0v) is 15.3. The highest BCUT2D eigenvalue weighted by Crippen LogP contribution is 2.29. The Morgan fingerprint density at radius 1 is 1.04 bits per heavy atom. The van der Waals surface area contributed by atoms with Gasteiger partial charge in [0.05, 0.1) is 5.56 Å². The summed E-state index contributed by atoms with van der Waals surface area (Å²) in [5.41, 5.74) is -0.541. The molecular formula is C19H24F3N3O2. The zero-order valence-electron chi connectivity index (χ0n) is 15.3. The molecule has 1 N–H and O–H groups in total. The van der Waals surface area contributed by atoms with E-state index in [0.717, 1.165) is 31.5 Å². The van der Waals surface area contributed by atoms with Crippen LogP contribution in [0.1, 0.15) is 35.7 Å². The number of benzene rings is 1. The molecule has 0 aromatic heterocycles. The number of hydrogen-bond donors (Lipinski definition) is 1. The van der Waals surface area contributed by atoms with E-state index < -0.39 is 11.7 Å². The lowest BCUT2D eigenvalue weighted by Crippen LogP contribution is -2.53. The third kappa shape index (κ3) is 4.61. The number of nitrogens with zero attached hydrogens (tertiary/aromatic N) is 2. The van der Waals surface area contributed by atoms with E-state index in [1.807, 2.05) is 0 Å². The number of carbonyl (C=O) groups is 2.